The first-order valence-electron chi connectivity index (χ1n) is 11.9. The van der Waals surface area contributed by atoms with Crippen LogP contribution in [0, 0.1) is 5.92 Å². The summed E-state index contributed by atoms with van der Waals surface area (Å²) in [6.07, 6.45) is 1.71. The van der Waals surface area contributed by atoms with E-state index in [1.807, 2.05) is 36.4 Å². The summed E-state index contributed by atoms with van der Waals surface area (Å²) in [5.41, 5.74) is -0.915. The van der Waals surface area contributed by atoms with Crippen LogP contribution in [0.1, 0.15) is 49.0 Å². The van der Waals surface area contributed by atoms with Crippen LogP contribution in [-0.4, -0.2) is 53.5 Å². The van der Waals surface area contributed by atoms with Crippen molar-refractivity contribution in [3.63, 3.8) is 0 Å². The van der Waals surface area contributed by atoms with Gasteiger partial charge < -0.3 is 19.9 Å². The van der Waals surface area contributed by atoms with Crippen molar-refractivity contribution in [2.24, 2.45) is 5.92 Å². The second-order valence-corrected chi connectivity index (χ2v) is 9.83. The number of aryl methyl sites for hydroxylation is 1. The van der Waals surface area contributed by atoms with Gasteiger partial charge in [0, 0.05) is 22.3 Å². The van der Waals surface area contributed by atoms with Crippen molar-refractivity contribution in [3.8, 4) is 0 Å². The summed E-state index contributed by atoms with van der Waals surface area (Å²) in [4.78, 5) is 61.6. The molecule has 1 fully saturated rings. The molecule has 1 saturated carbocycles. The van der Waals surface area contributed by atoms with Gasteiger partial charge >= 0.3 is 17.9 Å². The van der Waals surface area contributed by atoms with Gasteiger partial charge in [-0.25, -0.2) is 9.59 Å². The maximum Gasteiger partial charge on any atom is 0.343 e. The van der Waals surface area contributed by atoms with E-state index in [1.165, 1.54) is 11.8 Å². The SMILES string of the molecule is CCOC(=O)C(CCc1ccc(Sc2ccc(C(=O)COC(=O)C3CC3)cc2)cc1)(NC(C)=O)C(=O)O. The van der Waals surface area contributed by atoms with Gasteiger partial charge in [-0.15, -0.1) is 0 Å². The van der Waals surface area contributed by atoms with Gasteiger partial charge in [-0.2, -0.15) is 0 Å². The number of carboxylic acids is 1. The molecule has 0 aromatic heterocycles. The standard InChI is InChI=1S/C27H29NO8S/c1-3-35-26(34)27(25(32)33,28-17(2)29)15-14-18-4-10-21(11-5-18)37-22-12-8-19(9-13-22)23(30)16-36-24(31)20-6-7-20/h4-5,8-13,20H,3,6-7,14-16H2,1-2H3,(H,28,29)(H,32,33). The molecule has 0 saturated heterocycles. The van der Waals surface area contributed by atoms with Crippen molar-refractivity contribution >= 4 is 41.4 Å². The third-order valence-electron chi connectivity index (χ3n) is 5.76. The van der Waals surface area contributed by atoms with Gasteiger partial charge in [0.25, 0.3) is 0 Å². The molecule has 196 valence electrons. The van der Waals surface area contributed by atoms with Crippen molar-refractivity contribution in [2.45, 2.75) is 54.9 Å². The van der Waals surface area contributed by atoms with Gasteiger partial charge in [0.1, 0.15) is 0 Å². The van der Waals surface area contributed by atoms with Gasteiger partial charge in [-0.05, 0) is 62.4 Å². The Labute approximate surface area is 218 Å². The van der Waals surface area contributed by atoms with Crippen molar-refractivity contribution < 1.29 is 38.6 Å². The molecule has 2 N–H and O–H groups in total. The summed E-state index contributed by atoms with van der Waals surface area (Å²) >= 11 is 1.47. The molecule has 2 aromatic carbocycles. The quantitative estimate of drug-likeness (QED) is 0.228. The van der Waals surface area contributed by atoms with Crippen molar-refractivity contribution in [2.75, 3.05) is 13.2 Å². The highest BCUT2D eigenvalue weighted by molar-refractivity contribution is 7.99. The van der Waals surface area contributed by atoms with Crippen LogP contribution < -0.4 is 5.32 Å². The zero-order valence-corrected chi connectivity index (χ0v) is 21.5. The van der Waals surface area contributed by atoms with Crippen molar-refractivity contribution in [1.82, 2.24) is 5.32 Å². The molecule has 1 amide bonds. The predicted molar refractivity (Wildman–Crippen MR) is 134 cm³/mol. The van der Waals surface area contributed by atoms with Crippen LogP contribution in [0.3, 0.4) is 0 Å². The van der Waals surface area contributed by atoms with E-state index in [-0.39, 0.29) is 43.7 Å². The lowest BCUT2D eigenvalue weighted by molar-refractivity contribution is -0.165. The number of ketones is 1. The average Bonchev–Trinajstić information content (AvgIpc) is 3.72. The summed E-state index contributed by atoms with van der Waals surface area (Å²) < 4.78 is 9.97. The number of carbonyl (C=O) groups is 5. The zero-order valence-electron chi connectivity index (χ0n) is 20.7. The number of rotatable bonds is 13. The largest absolute Gasteiger partial charge is 0.479 e. The molecule has 37 heavy (non-hydrogen) atoms. The van der Waals surface area contributed by atoms with Crippen LogP contribution in [0.4, 0.5) is 0 Å². The fourth-order valence-electron chi connectivity index (χ4n) is 3.58. The van der Waals surface area contributed by atoms with Crippen LogP contribution in [0.15, 0.2) is 58.3 Å². The number of carboxylic acid groups (broad SMARTS) is 1. The molecular weight excluding hydrogens is 498 g/mol. The minimum Gasteiger partial charge on any atom is -0.479 e. The number of hydrogen-bond donors (Lipinski definition) is 2. The third-order valence-corrected chi connectivity index (χ3v) is 6.77. The van der Waals surface area contributed by atoms with E-state index in [0.717, 1.165) is 35.1 Å². The molecule has 0 bridgehead atoms. The van der Waals surface area contributed by atoms with Gasteiger partial charge in [0.2, 0.25) is 11.4 Å². The summed E-state index contributed by atoms with van der Waals surface area (Å²) in [5, 5.41) is 12.0. The summed E-state index contributed by atoms with van der Waals surface area (Å²) in [6, 6.07) is 14.4. The maximum atomic E-state index is 12.4. The number of carbonyl (C=O) groups excluding carboxylic acids is 4. The highest BCUT2D eigenvalue weighted by Crippen LogP contribution is 2.30. The van der Waals surface area contributed by atoms with E-state index in [2.05, 4.69) is 5.32 Å². The first-order valence-corrected chi connectivity index (χ1v) is 12.7. The predicted octanol–water partition coefficient (Wildman–Crippen LogP) is 3.43. The Hall–Kier alpha value is -3.66. The Morgan fingerprint density at radius 1 is 0.973 bits per heavy atom. The third kappa shape index (κ3) is 7.66. The van der Waals surface area contributed by atoms with Crippen LogP contribution in [-0.2, 0) is 35.1 Å². The van der Waals surface area contributed by atoms with Gasteiger partial charge in [0.05, 0.1) is 12.5 Å². The highest BCUT2D eigenvalue weighted by atomic mass is 32.2. The summed E-state index contributed by atoms with van der Waals surface area (Å²) in [6.45, 7) is 2.44. The molecule has 0 radical (unpaired) electrons. The number of aliphatic carboxylic acids is 1. The topological polar surface area (TPSA) is 136 Å². The Morgan fingerprint density at radius 2 is 1.57 bits per heavy atom. The second kappa shape index (κ2) is 12.5. The molecule has 3 rings (SSSR count). The monoisotopic (exact) mass is 527 g/mol. The van der Waals surface area contributed by atoms with E-state index >= 15 is 0 Å². The number of hydrogen-bond acceptors (Lipinski definition) is 8. The van der Waals surface area contributed by atoms with E-state index in [4.69, 9.17) is 9.47 Å². The van der Waals surface area contributed by atoms with E-state index in [1.54, 1.807) is 19.1 Å². The number of esters is 2. The Morgan fingerprint density at radius 3 is 2.08 bits per heavy atom. The van der Waals surface area contributed by atoms with E-state index < -0.39 is 23.4 Å². The molecule has 2 aromatic rings. The molecular formula is C27H29NO8S. The fourth-order valence-corrected chi connectivity index (χ4v) is 4.39. The van der Waals surface area contributed by atoms with Crippen LogP contribution >= 0.6 is 11.8 Å². The molecule has 10 heteroatoms. The van der Waals surface area contributed by atoms with Crippen LogP contribution in [0.2, 0.25) is 0 Å². The summed E-state index contributed by atoms with van der Waals surface area (Å²) in [7, 11) is 0. The average molecular weight is 528 g/mol. The molecule has 1 aliphatic rings. The van der Waals surface area contributed by atoms with E-state index in [9.17, 15) is 29.1 Å². The number of amides is 1. The minimum atomic E-state index is -2.16. The lowest BCUT2D eigenvalue weighted by atomic mass is 9.91. The Balaban J connectivity index is 1.58. The number of ether oxygens (including phenoxy) is 2. The van der Waals surface area contributed by atoms with Crippen molar-refractivity contribution in [3.05, 3.63) is 59.7 Å². The van der Waals surface area contributed by atoms with Crippen LogP contribution in [0.25, 0.3) is 0 Å². The Bertz CT molecular complexity index is 1160. The maximum absolute atomic E-state index is 12.4. The van der Waals surface area contributed by atoms with E-state index in [0.29, 0.717) is 5.56 Å². The van der Waals surface area contributed by atoms with Gasteiger partial charge in [0.15, 0.2) is 12.4 Å². The first-order chi connectivity index (χ1) is 17.6. The second-order valence-electron chi connectivity index (χ2n) is 8.69. The van der Waals surface area contributed by atoms with Crippen LogP contribution in [0.5, 0.6) is 0 Å². The number of Topliss-reactive ketones (excluding diaryl/α,β-unsaturated/α-hetero) is 1. The molecule has 0 spiro atoms. The van der Waals surface area contributed by atoms with Gasteiger partial charge in [-0.1, -0.05) is 36.0 Å². The fraction of sp³-hybridized carbons (Fsp3) is 0.370. The molecule has 1 aliphatic carbocycles. The summed E-state index contributed by atoms with van der Waals surface area (Å²) in [5.74, 6) is -3.74. The van der Waals surface area contributed by atoms with Gasteiger partial charge in [-0.3, -0.25) is 14.4 Å². The molecule has 1 unspecified atom stereocenters. The molecule has 0 heterocycles. The lowest BCUT2D eigenvalue weighted by Gasteiger charge is -2.27. The normalized spacial score (nSPS) is 14.2. The lowest BCUT2D eigenvalue weighted by Crippen LogP contribution is -2.60. The first kappa shape index (κ1) is 27.9. The minimum absolute atomic E-state index is 0.0115. The molecule has 9 nitrogen and oxygen atoms in total. The number of nitrogens with one attached hydrogen (secondary N) is 1. The van der Waals surface area contributed by atoms with Crippen molar-refractivity contribution in [1.29, 1.82) is 0 Å². The highest BCUT2D eigenvalue weighted by Gasteiger charge is 2.48. The molecule has 0 aliphatic heterocycles. The Kier molecular flexibility index (Phi) is 9.46. The smallest absolute Gasteiger partial charge is 0.343 e. The zero-order chi connectivity index (χ0) is 27.0. The number of benzene rings is 2. The molecule has 1 atom stereocenters.